The van der Waals surface area contributed by atoms with Crippen LogP contribution in [-0.2, 0) is 16.1 Å². The maximum atomic E-state index is 12.6. The number of hydrogen-bond acceptors (Lipinski definition) is 3. The van der Waals surface area contributed by atoms with Crippen molar-refractivity contribution in [2.75, 3.05) is 26.2 Å². The number of aryl methyl sites for hydroxylation is 1. The van der Waals surface area contributed by atoms with Gasteiger partial charge < -0.3 is 10.0 Å². The van der Waals surface area contributed by atoms with E-state index in [1.165, 1.54) is 5.56 Å². The molecule has 1 rings (SSSR count). The fourth-order valence-electron chi connectivity index (χ4n) is 2.49. The lowest BCUT2D eigenvalue weighted by Crippen LogP contribution is -2.42. The van der Waals surface area contributed by atoms with Crippen molar-refractivity contribution in [3.8, 4) is 0 Å². The lowest BCUT2D eigenvalue weighted by molar-refractivity contribution is -0.139. The number of amides is 1. The number of carboxylic acid groups (broad SMARTS) is 1. The normalized spacial score (nSPS) is 10.8. The molecule has 0 saturated heterocycles. The Balaban J connectivity index is 2.71. The Kier molecular flexibility index (Phi) is 8.33. The van der Waals surface area contributed by atoms with Gasteiger partial charge in [0.15, 0.2) is 0 Å². The molecule has 0 heterocycles. The third-order valence-corrected chi connectivity index (χ3v) is 3.60. The highest BCUT2D eigenvalue weighted by Gasteiger charge is 2.18. The third-order valence-electron chi connectivity index (χ3n) is 3.60. The average Bonchev–Trinajstić information content (AvgIpc) is 2.48. The number of carbonyl (C=O) groups excluding carboxylic acids is 1. The van der Waals surface area contributed by atoms with Gasteiger partial charge in [0, 0.05) is 13.1 Å². The van der Waals surface area contributed by atoms with E-state index in [0.29, 0.717) is 19.6 Å². The van der Waals surface area contributed by atoms with Gasteiger partial charge in [0.05, 0.1) is 13.1 Å². The van der Waals surface area contributed by atoms with Crippen LogP contribution in [0.1, 0.15) is 37.8 Å². The summed E-state index contributed by atoms with van der Waals surface area (Å²) >= 11 is 0. The van der Waals surface area contributed by atoms with E-state index in [4.69, 9.17) is 5.11 Å². The molecule has 0 bridgehead atoms. The monoisotopic (exact) mass is 320 g/mol. The number of nitrogens with zero attached hydrogens (tertiary/aromatic N) is 2. The van der Waals surface area contributed by atoms with Gasteiger partial charge in [0.25, 0.3) is 0 Å². The molecule has 1 aromatic rings. The predicted octanol–water partition coefficient (Wildman–Crippen LogP) is 2.53. The fourth-order valence-corrected chi connectivity index (χ4v) is 2.49. The van der Waals surface area contributed by atoms with Crippen LogP contribution >= 0.6 is 0 Å². The van der Waals surface area contributed by atoms with E-state index in [1.54, 1.807) is 4.90 Å². The van der Waals surface area contributed by atoms with E-state index >= 15 is 0 Å². The number of carboxylic acids is 1. The highest BCUT2D eigenvalue weighted by Crippen LogP contribution is 2.08. The molecule has 0 spiro atoms. The van der Waals surface area contributed by atoms with Crippen molar-refractivity contribution >= 4 is 11.9 Å². The zero-order valence-electron chi connectivity index (χ0n) is 14.4. The second-order valence-corrected chi connectivity index (χ2v) is 5.91. The molecule has 1 N–H and O–H groups in total. The zero-order valence-corrected chi connectivity index (χ0v) is 14.4. The molecule has 0 aliphatic heterocycles. The van der Waals surface area contributed by atoms with E-state index in [2.05, 4.69) is 0 Å². The quantitative estimate of drug-likeness (QED) is 0.719. The number of carbonyl (C=O) groups is 2. The number of benzene rings is 1. The van der Waals surface area contributed by atoms with Crippen molar-refractivity contribution in [2.45, 2.75) is 40.2 Å². The van der Waals surface area contributed by atoms with Crippen molar-refractivity contribution in [3.05, 3.63) is 35.4 Å². The minimum Gasteiger partial charge on any atom is -0.480 e. The van der Waals surface area contributed by atoms with Gasteiger partial charge in [-0.2, -0.15) is 0 Å². The van der Waals surface area contributed by atoms with Crippen LogP contribution in [0.5, 0.6) is 0 Å². The van der Waals surface area contributed by atoms with Crippen LogP contribution in [0.3, 0.4) is 0 Å². The lowest BCUT2D eigenvalue weighted by Gasteiger charge is -2.26. The molecule has 0 fully saturated rings. The summed E-state index contributed by atoms with van der Waals surface area (Å²) in [5.41, 5.74) is 2.29. The zero-order chi connectivity index (χ0) is 17.2. The Morgan fingerprint density at radius 2 is 1.61 bits per heavy atom. The van der Waals surface area contributed by atoms with E-state index in [-0.39, 0.29) is 19.0 Å². The average molecular weight is 320 g/mol. The SMILES string of the molecule is CCCN(CC(=O)O)CC(=O)N(CCC)Cc1ccc(C)cc1. The highest BCUT2D eigenvalue weighted by molar-refractivity contribution is 5.79. The van der Waals surface area contributed by atoms with Crippen LogP contribution in [0.2, 0.25) is 0 Å². The van der Waals surface area contributed by atoms with Gasteiger partial charge in [-0.3, -0.25) is 14.5 Å². The van der Waals surface area contributed by atoms with Gasteiger partial charge >= 0.3 is 5.97 Å². The van der Waals surface area contributed by atoms with Crippen LogP contribution in [0.4, 0.5) is 0 Å². The van der Waals surface area contributed by atoms with Gasteiger partial charge in [-0.1, -0.05) is 43.7 Å². The molecule has 128 valence electrons. The Bertz CT molecular complexity index is 499. The Hall–Kier alpha value is -1.88. The molecule has 0 aliphatic rings. The maximum absolute atomic E-state index is 12.6. The van der Waals surface area contributed by atoms with Crippen LogP contribution in [0, 0.1) is 6.92 Å². The Morgan fingerprint density at radius 3 is 2.13 bits per heavy atom. The third kappa shape index (κ3) is 7.28. The van der Waals surface area contributed by atoms with Crippen molar-refractivity contribution < 1.29 is 14.7 Å². The number of aliphatic carboxylic acids is 1. The van der Waals surface area contributed by atoms with Crippen molar-refractivity contribution in [2.24, 2.45) is 0 Å². The molecule has 0 saturated carbocycles. The molecule has 0 atom stereocenters. The van der Waals surface area contributed by atoms with Crippen LogP contribution in [0.25, 0.3) is 0 Å². The molecule has 0 unspecified atom stereocenters. The standard InChI is InChI=1S/C18H28N2O3/c1-4-10-19(14-18(22)23)13-17(21)20(11-5-2)12-16-8-6-15(3)7-9-16/h6-9H,4-5,10-14H2,1-3H3,(H,22,23). The van der Waals surface area contributed by atoms with Gasteiger partial charge in [-0.25, -0.2) is 0 Å². The summed E-state index contributed by atoms with van der Waals surface area (Å²) in [6.07, 6.45) is 1.70. The summed E-state index contributed by atoms with van der Waals surface area (Å²) in [4.78, 5) is 27.0. The second kappa shape index (κ2) is 10.0. The summed E-state index contributed by atoms with van der Waals surface area (Å²) in [7, 11) is 0. The highest BCUT2D eigenvalue weighted by atomic mass is 16.4. The van der Waals surface area contributed by atoms with E-state index < -0.39 is 5.97 Å². The Labute approximate surface area is 138 Å². The first-order valence-electron chi connectivity index (χ1n) is 8.23. The number of hydrogen-bond donors (Lipinski definition) is 1. The van der Waals surface area contributed by atoms with E-state index in [9.17, 15) is 9.59 Å². The van der Waals surface area contributed by atoms with Crippen LogP contribution < -0.4 is 0 Å². The molecular formula is C18H28N2O3. The molecule has 1 aromatic carbocycles. The first kappa shape index (κ1) is 19.2. The largest absolute Gasteiger partial charge is 0.480 e. The summed E-state index contributed by atoms with van der Waals surface area (Å²) in [5, 5.41) is 8.96. The van der Waals surface area contributed by atoms with Crippen molar-refractivity contribution in [1.29, 1.82) is 0 Å². The molecule has 0 aliphatic carbocycles. The topological polar surface area (TPSA) is 60.9 Å². The summed E-state index contributed by atoms with van der Waals surface area (Å²) in [6, 6.07) is 8.15. The van der Waals surface area contributed by atoms with Crippen molar-refractivity contribution in [1.82, 2.24) is 9.80 Å². The second-order valence-electron chi connectivity index (χ2n) is 5.91. The van der Waals surface area contributed by atoms with Gasteiger partial charge in [-0.15, -0.1) is 0 Å². The van der Waals surface area contributed by atoms with Crippen LogP contribution in [0.15, 0.2) is 24.3 Å². The molecule has 1 amide bonds. The van der Waals surface area contributed by atoms with Gasteiger partial charge in [0.2, 0.25) is 5.91 Å². The van der Waals surface area contributed by atoms with Gasteiger partial charge in [-0.05, 0) is 31.9 Å². The molecular weight excluding hydrogens is 292 g/mol. The fraction of sp³-hybridized carbons (Fsp3) is 0.556. The minimum atomic E-state index is -0.896. The van der Waals surface area contributed by atoms with Crippen LogP contribution in [-0.4, -0.2) is 53.0 Å². The Morgan fingerprint density at radius 1 is 1.00 bits per heavy atom. The summed E-state index contributed by atoms with van der Waals surface area (Å²) in [6.45, 7) is 7.98. The predicted molar refractivity (Wildman–Crippen MR) is 91.3 cm³/mol. The summed E-state index contributed by atoms with van der Waals surface area (Å²) < 4.78 is 0. The lowest BCUT2D eigenvalue weighted by atomic mass is 10.1. The van der Waals surface area contributed by atoms with Crippen molar-refractivity contribution in [3.63, 3.8) is 0 Å². The molecule has 5 heteroatoms. The molecule has 0 aromatic heterocycles. The maximum Gasteiger partial charge on any atom is 0.317 e. The summed E-state index contributed by atoms with van der Waals surface area (Å²) in [5.74, 6) is -0.908. The van der Waals surface area contributed by atoms with Gasteiger partial charge in [0.1, 0.15) is 0 Å². The minimum absolute atomic E-state index is 0.0119. The first-order valence-corrected chi connectivity index (χ1v) is 8.23. The van der Waals surface area contributed by atoms with E-state index in [0.717, 1.165) is 18.4 Å². The first-order chi connectivity index (χ1) is 11.0. The number of rotatable bonds is 10. The molecule has 5 nitrogen and oxygen atoms in total. The molecule has 0 radical (unpaired) electrons. The molecule has 23 heavy (non-hydrogen) atoms. The van der Waals surface area contributed by atoms with E-state index in [1.807, 2.05) is 49.9 Å². The smallest absolute Gasteiger partial charge is 0.317 e.